The summed E-state index contributed by atoms with van der Waals surface area (Å²) in [4.78, 5) is 0. The second-order valence-electron chi connectivity index (χ2n) is 4.05. The number of ether oxygens (including phenoxy) is 1. The van der Waals surface area contributed by atoms with E-state index in [4.69, 9.17) is 4.74 Å². The molecule has 0 radical (unpaired) electrons. The van der Waals surface area contributed by atoms with Crippen molar-refractivity contribution in [3.05, 3.63) is 23.7 Å². The molecule has 1 saturated carbocycles. The van der Waals surface area contributed by atoms with Crippen molar-refractivity contribution in [3.63, 3.8) is 0 Å². The Labute approximate surface area is 78.3 Å². The van der Waals surface area contributed by atoms with Gasteiger partial charge in [0.1, 0.15) is 0 Å². The first-order valence-corrected chi connectivity index (χ1v) is 4.96. The lowest BCUT2D eigenvalue weighted by Gasteiger charge is -2.15. The fraction of sp³-hybridized carbons (Fsp3) is 0.636. The third-order valence-electron chi connectivity index (χ3n) is 2.51. The van der Waals surface area contributed by atoms with Gasteiger partial charge in [0.15, 0.2) is 11.6 Å². The molecule has 2 aliphatic rings. The first-order chi connectivity index (χ1) is 6.25. The van der Waals surface area contributed by atoms with Crippen LogP contribution in [0.1, 0.15) is 26.2 Å². The van der Waals surface area contributed by atoms with Gasteiger partial charge >= 0.3 is 0 Å². The van der Waals surface area contributed by atoms with Crippen LogP contribution in [-0.2, 0) is 4.74 Å². The molecule has 0 heterocycles. The molecule has 2 rings (SSSR count). The van der Waals surface area contributed by atoms with Crippen LogP contribution in [0.5, 0.6) is 0 Å². The Bertz CT molecular complexity index is 251. The molecule has 0 aromatic heterocycles. The molecular weight excluding hydrogens is 167 g/mol. The van der Waals surface area contributed by atoms with E-state index in [-0.39, 0.29) is 5.83 Å². The molecule has 0 aliphatic heterocycles. The van der Waals surface area contributed by atoms with Crippen molar-refractivity contribution in [2.45, 2.75) is 26.2 Å². The Hall–Kier alpha value is -0.790. The predicted molar refractivity (Wildman–Crippen MR) is 49.7 cm³/mol. The number of rotatable bonds is 3. The number of allylic oxidation sites excluding steroid dienone is 3. The van der Waals surface area contributed by atoms with Gasteiger partial charge < -0.3 is 4.74 Å². The summed E-state index contributed by atoms with van der Waals surface area (Å²) >= 11 is 0. The van der Waals surface area contributed by atoms with Gasteiger partial charge in [0, 0.05) is 0 Å². The average Bonchev–Trinajstić information content (AvgIpc) is 2.90. The summed E-state index contributed by atoms with van der Waals surface area (Å²) < 4.78 is 18.6. The van der Waals surface area contributed by atoms with Gasteiger partial charge in [-0.05, 0) is 43.3 Å². The van der Waals surface area contributed by atoms with Crippen molar-refractivity contribution in [3.8, 4) is 0 Å². The maximum Gasteiger partial charge on any atom is 0.160 e. The summed E-state index contributed by atoms with van der Waals surface area (Å²) in [6, 6.07) is 0. The van der Waals surface area contributed by atoms with Crippen LogP contribution in [0.4, 0.5) is 4.39 Å². The highest BCUT2D eigenvalue weighted by molar-refractivity contribution is 5.24. The highest BCUT2D eigenvalue weighted by Gasteiger charge is 2.23. The molecular formula is C11H15FO. The molecule has 0 saturated heterocycles. The van der Waals surface area contributed by atoms with E-state index < -0.39 is 0 Å². The number of hydrogen-bond donors (Lipinski definition) is 0. The van der Waals surface area contributed by atoms with Crippen LogP contribution in [0.15, 0.2) is 23.7 Å². The predicted octanol–water partition coefficient (Wildman–Crippen LogP) is 3.19. The Morgan fingerprint density at radius 3 is 3.00 bits per heavy atom. The molecule has 2 aliphatic carbocycles. The highest BCUT2D eigenvalue weighted by Crippen LogP contribution is 2.31. The molecule has 0 N–H and O–H groups in total. The number of halogens is 1. The Balaban J connectivity index is 1.90. The SMILES string of the molecule is CC1C=C(OCC2CC2)C(F)=CC1. The summed E-state index contributed by atoms with van der Waals surface area (Å²) in [6.07, 6.45) is 6.79. The largest absolute Gasteiger partial charge is 0.491 e. The minimum absolute atomic E-state index is 0.182. The zero-order valence-corrected chi connectivity index (χ0v) is 7.92. The van der Waals surface area contributed by atoms with E-state index in [2.05, 4.69) is 6.92 Å². The standard InChI is InChI=1S/C11H15FO/c1-8-2-5-10(12)11(6-8)13-7-9-3-4-9/h5-6,8-9H,2-4,7H2,1H3. The average molecular weight is 182 g/mol. The van der Waals surface area contributed by atoms with Crippen molar-refractivity contribution in [2.75, 3.05) is 6.61 Å². The van der Waals surface area contributed by atoms with Crippen molar-refractivity contribution >= 4 is 0 Å². The van der Waals surface area contributed by atoms with Gasteiger partial charge in [-0.2, -0.15) is 0 Å². The van der Waals surface area contributed by atoms with Crippen molar-refractivity contribution in [1.82, 2.24) is 0 Å². The molecule has 0 spiro atoms. The fourth-order valence-electron chi connectivity index (χ4n) is 1.41. The molecule has 1 atom stereocenters. The first kappa shape index (κ1) is 8.79. The van der Waals surface area contributed by atoms with Gasteiger partial charge in [-0.15, -0.1) is 0 Å². The van der Waals surface area contributed by atoms with Crippen LogP contribution >= 0.6 is 0 Å². The molecule has 1 nitrogen and oxygen atoms in total. The van der Waals surface area contributed by atoms with Crippen LogP contribution in [0.3, 0.4) is 0 Å². The number of hydrogen-bond acceptors (Lipinski definition) is 1. The maximum absolute atomic E-state index is 13.2. The van der Waals surface area contributed by atoms with Crippen LogP contribution in [0.2, 0.25) is 0 Å². The molecule has 0 aromatic carbocycles. The molecule has 0 amide bonds. The lowest BCUT2D eigenvalue weighted by atomic mass is 10.0. The van der Waals surface area contributed by atoms with E-state index >= 15 is 0 Å². The fourth-order valence-corrected chi connectivity index (χ4v) is 1.41. The minimum atomic E-state index is -0.182. The Kier molecular flexibility index (Phi) is 2.38. The van der Waals surface area contributed by atoms with E-state index in [0.29, 0.717) is 24.2 Å². The van der Waals surface area contributed by atoms with E-state index in [9.17, 15) is 4.39 Å². The highest BCUT2D eigenvalue weighted by atomic mass is 19.1. The molecule has 1 fully saturated rings. The lowest BCUT2D eigenvalue weighted by molar-refractivity contribution is 0.191. The van der Waals surface area contributed by atoms with Crippen LogP contribution in [0, 0.1) is 11.8 Å². The topological polar surface area (TPSA) is 9.23 Å². The first-order valence-electron chi connectivity index (χ1n) is 4.96. The van der Waals surface area contributed by atoms with E-state index in [1.54, 1.807) is 6.08 Å². The third kappa shape index (κ3) is 2.33. The van der Waals surface area contributed by atoms with Gasteiger partial charge in [-0.25, -0.2) is 4.39 Å². The van der Waals surface area contributed by atoms with E-state index in [1.807, 2.05) is 6.08 Å². The molecule has 0 bridgehead atoms. The van der Waals surface area contributed by atoms with Gasteiger partial charge in [-0.1, -0.05) is 6.92 Å². The molecule has 13 heavy (non-hydrogen) atoms. The zero-order chi connectivity index (χ0) is 9.26. The molecule has 72 valence electrons. The maximum atomic E-state index is 13.2. The Morgan fingerprint density at radius 1 is 1.54 bits per heavy atom. The second kappa shape index (κ2) is 3.52. The van der Waals surface area contributed by atoms with E-state index in [1.165, 1.54) is 12.8 Å². The third-order valence-corrected chi connectivity index (χ3v) is 2.51. The summed E-state index contributed by atoms with van der Waals surface area (Å²) in [5.74, 6) is 1.38. The van der Waals surface area contributed by atoms with Gasteiger partial charge in [0.25, 0.3) is 0 Å². The molecule has 0 aromatic rings. The monoisotopic (exact) mass is 182 g/mol. The van der Waals surface area contributed by atoms with Crippen LogP contribution in [0.25, 0.3) is 0 Å². The van der Waals surface area contributed by atoms with Crippen LogP contribution < -0.4 is 0 Å². The van der Waals surface area contributed by atoms with Gasteiger partial charge in [0.05, 0.1) is 6.61 Å². The second-order valence-corrected chi connectivity index (χ2v) is 4.05. The van der Waals surface area contributed by atoms with Crippen molar-refractivity contribution in [1.29, 1.82) is 0 Å². The van der Waals surface area contributed by atoms with E-state index in [0.717, 1.165) is 6.42 Å². The zero-order valence-electron chi connectivity index (χ0n) is 7.92. The Morgan fingerprint density at radius 2 is 2.31 bits per heavy atom. The smallest absolute Gasteiger partial charge is 0.160 e. The quantitative estimate of drug-likeness (QED) is 0.651. The summed E-state index contributed by atoms with van der Waals surface area (Å²) in [6.45, 7) is 2.77. The van der Waals surface area contributed by atoms with Crippen molar-refractivity contribution in [2.24, 2.45) is 11.8 Å². The minimum Gasteiger partial charge on any atom is -0.491 e. The van der Waals surface area contributed by atoms with Crippen molar-refractivity contribution < 1.29 is 9.13 Å². The van der Waals surface area contributed by atoms with Gasteiger partial charge in [-0.3, -0.25) is 0 Å². The summed E-state index contributed by atoms with van der Waals surface area (Å²) in [7, 11) is 0. The molecule has 1 unspecified atom stereocenters. The lowest BCUT2D eigenvalue weighted by Crippen LogP contribution is -2.04. The molecule has 2 heteroatoms. The normalized spacial score (nSPS) is 28.0. The summed E-state index contributed by atoms with van der Waals surface area (Å²) in [5, 5.41) is 0. The van der Waals surface area contributed by atoms with Crippen LogP contribution in [-0.4, -0.2) is 6.61 Å². The van der Waals surface area contributed by atoms with Gasteiger partial charge in [0.2, 0.25) is 0 Å². The summed E-state index contributed by atoms with van der Waals surface area (Å²) in [5.41, 5.74) is 0.